The van der Waals surface area contributed by atoms with Crippen LogP contribution in [-0.2, 0) is 0 Å². The first-order valence-corrected chi connectivity index (χ1v) is 5.28. The average molecular weight is 244 g/mol. The standard InChI is InChI=1S/C12H12N4O2/c13-15-11-8-4-7-10(12(11)16(17)18)14-9-5-2-1-3-6-9/h1-8,14-15H,13H2. The van der Waals surface area contributed by atoms with Crippen molar-refractivity contribution in [3.8, 4) is 0 Å². The van der Waals surface area contributed by atoms with Gasteiger partial charge in [0.1, 0.15) is 11.4 Å². The topological polar surface area (TPSA) is 93.2 Å². The van der Waals surface area contributed by atoms with Gasteiger partial charge in [0, 0.05) is 5.69 Å². The van der Waals surface area contributed by atoms with Crippen molar-refractivity contribution in [2.75, 3.05) is 10.7 Å². The highest BCUT2D eigenvalue weighted by molar-refractivity contribution is 5.79. The summed E-state index contributed by atoms with van der Waals surface area (Å²) < 4.78 is 0. The lowest BCUT2D eigenvalue weighted by atomic mass is 10.2. The molecule has 0 saturated heterocycles. The number of nitro groups is 1. The van der Waals surface area contributed by atoms with Crippen LogP contribution in [0.2, 0.25) is 0 Å². The molecule has 18 heavy (non-hydrogen) atoms. The molecular formula is C12H12N4O2. The first kappa shape index (κ1) is 11.9. The van der Waals surface area contributed by atoms with Crippen molar-refractivity contribution in [2.45, 2.75) is 0 Å². The number of anilines is 3. The Balaban J connectivity index is 2.42. The Morgan fingerprint density at radius 1 is 1.00 bits per heavy atom. The fraction of sp³-hybridized carbons (Fsp3) is 0. The van der Waals surface area contributed by atoms with Crippen LogP contribution in [0.3, 0.4) is 0 Å². The van der Waals surface area contributed by atoms with E-state index in [-0.39, 0.29) is 11.4 Å². The highest BCUT2D eigenvalue weighted by Crippen LogP contribution is 2.33. The highest BCUT2D eigenvalue weighted by Gasteiger charge is 2.18. The summed E-state index contributed by atoms with van der Waals surface area (Å²) in [5, 5.41) is 14.1. The van der Waals surface area contributed by atoms with Gasteiger partial charge in [-0.3, -0.25) is 16.0 Å². The number of nitrogen functional groups attached to an aromatic ring is 1. The number of para-hydroxylation sites is 2. The molecule has 6 nitrogen and oxygen atoms in total. The summed E-state index contributed by atoms with van der Waals surface area (Å²) >= 11 is 0. The Morgan fingerprint density at radius 3 is 2.28 bits per heavy atom. The number of nitrogens with two attached hydrogens (primary N) is 1. The largest absolute Gasteiger partial charge is 0.350 e. The molecule has 0 aliphatic rings. The Kier molecular flexibility index (Phi) is 3.40. The Bertz CT molecular complexity index is 557. The molecule has 0 heterocycles. The van der Waals surface area contributed by atoms with Gasteiger partial charge in [0.2, 0.25) is 0 Å². The number of hydrogen-bond acceptors (Lipinski definition) is 5. The van der Waals surface area contributed by atoms with Crippen LogP contribution in [0.5, 0.6) is 0 Å². The Hall–Kier alpha value is -2.60. The second-order valence-electron chi connectivity index (χ2n) is 3.59. The summed E-state index contributed by atoms with van der Waals surface area (Å²) in [6.07, 6.45) is 0. The van der Waals surface area contributed by atoms with Crippen LogP contribution in [0.1, 0.15) is 0 Å². The van der Waals surface area contributed by atoms with Crippen LogP contribution < -0.4 is 16.6 Å². The van der Waals surface area contributed by atoms with E-state index in [1.54, 1.807) is 18.2 Å². The van der Waals surface area contributed by atoms with Gasteiger partial charge < -0.3 is 10.7 Å². The quantitative estimate of drug-likeness (QED) is 0.436. The molecule has 2 aromatic rings. The van der Waals surface area contributed by atoms with E-state index >= 15 is 0 Å². The maximum atomic E-state index is 11.1. The smallest absolute Gasteiger partial charge is 0.316 e. The van der Waals surface area contributed by atoms with Gasteiger partial charge in [-0.15, -0.1) is 0 Å². The first-order valence-electron chi connectivity index (χ1n) is 5.28. The van der Waals surface area contributed by atoms with E-state index in [1.165, 1.54) is 0 Å². The molecule has 2 aromatic carbocycles. The third-order valence-electron chi connectivity index (χ3n) is 2.43. The van der Waals surface area contributed by atoms with Crippen molar-refractivity contribution in [2.24, 2.45) is 5.84 Å². The van der Waals surface area contributed by atoms with Gasteiger partial charge >= 0.3 is 5.69 Å². The zero-order valence-electron chi connectivity index (χ0n) is 9.46. The fourth-order valence-electron chi connectivity index (χ4n) is 1.63. The molecule has 0 amide bonds. The lowest BCUT2D eigenvalue weighted by Crippen LogP contribution is -2.10. The monoisotopic (exact) mass is 244 g/mol. The number of hydrogen-bond donors (Lipinski definition) is 3. The molecule has 0 spiro atoms. The van der Waals surface area contributed by atoms with E-state index in [0.717, 1.165) is 5.69 Å². The van der Waals surface area contributed by atoms with Crippen molar-refractivity contribution in [3.63, 3.8) is 0 Å². The van der Waals surface area contributed by atoms with Gasteiger partial charge in [0.05, 0.1) is 4.92 Å². The average Bonchev–Trinajstić information content (AvgIpc) is 2.39. The molecule has 6 heteroatoms. The number of nitrogens with one attached hydrogen (secondary N) is 2. The molecule has 0 unspecified atom stereocenters. The third kappa shape index (κ3) is 2.38. The molecule has 2 rings (SSSR count). The van der Waals surface area contributed by atoms with Crippen LogP contribution in [-0.4, -0.2) is 4.92 Å². The number of rotatable bonds is 4. The van der Waals surface area contributed by atoms with Crippen molar-refractivity contribution < 1.29 is 4.92 Å². The zero-order valence-corrected chi connectivity index (χ0v) is 9.46. The fourth-order valence-corrected chi connectivity index (χ4v) is 1.63. The summed E-state index contributed by atoms with van der Waals surface area (Å²) in [6, 6.07) is 14.1. The van der Waals surface area contributed by atoms with Gasteiger partial charge in [0.15, 0.2) is 0 Å². The number of nitrogens with zero attached hydrogens (tertiary/aromatic N) is 1. The summed E-state index contributed by atoms with van der Waals surface area (Å²) in [6.45, 7) is 0. The molecule has 4 N–H and O–H groups in total. The Labute approximate surface area is 104 Å². The first-order chi connectivity index (χ1) is 8.72. The van der Waals surface area contributed by atoms with E-state index in [9.17, 15) is 10.1 Å². The van der Waals surface area contributed by atoms with Gasteiger partial charge in [-0.25, -0.2) is 0 Å². The lowest BCUT2D eigenvalue weighted by molar-refractivity contribution is -0.383. The second-order valence-corrected chi connectivity index (χ2v) is 3.59. The molecule has 0 fully saturated rings. The van der Waals surface area contributed by atoms with Crippen LogP contribution in [0.25, 0.3) is 0 Å². The molecule has 0 radical (unpaired) electrons. The molecular weight excluding hydrogens is 232 g/mol. The minimum Gasteiger partial charge on any atom is -0.350 e. The van der Waals surface area contributed by atoms with E-state index in [4.69, 9.17) is 5.84 Å². The van der Waals surface area contributed by atoms with Gasteiger partial charge in [-0.05, 0) is 24.3 Å². The van der Waals surface area contributed by atoms with Crippen LogP contribution in [0, 0.1) is 10.1 Å². The van der Waals surface area contributed by atoms with Gasteiger partial charge in [-0.2, -0.15) is 0 Å². The SMILES string of the molecule is NNc1cccc(Nc2ccccc2)c1[N+](=O)[O-]. The van der Waals surface area contributed by atoms with Crippen molar-refractivity contribution in [1.82, 2.24) is 0 Å². The molecule has 0 saturated carbocycles. The highest BCUT2D eigenvalue weighted by atomic mass is 16.6. The Morgan fingerprint density at radius 2 is 1.67 bits per heavy atom. The minimum absolute atomic E-state index is 0.0798. The van der Waals surface area contributed by atoms with Crippen LogP contribution >= 0.6 is 0 Å². The molecule has 92 valence electrons. The van der Waals surface area contributed by atoms with Crippen molar-refractivity contribution in [1.29, 1.82) is 0 Å². The van der Waals surface area contributed by atoms with Crippen LogP contribution in [0.15, 0.2) is 48.5 Å². The number of hydrazine groups is 1. The van der Waals surface area contributed by atoms with Crippen molar-refractivity contribution in [3.05, 3.63) is 58.6 Å². The third-order valence-corrected chi connectivity index (χ3v) is 2.43. The summed E-state index contributed by atoms with van der Waals surface area (Å²) in [5.41, 5.74) is 3.67. The van der Waals surface area contributed by atoms with Gasteiger partial charge in [-0.1, -0.05) is 24.3 Å². The van der Waals surface area contributed by atoms with E-state index in [2.05, 4.69) is 10.7 Å². The molecule has 0 atom stereocenters. The minimum atomic E-state index is -0.472. The van der Waals surface area contributed by atoms with E-state index in [0.29, 0.717) is 5.69 Å². The maximum Gasteiger partial charge on any atom is 0.316 e. The molecule has 0 aliphatic heterocycles. The molecule has 0 aliphatic carbocycles. The van der Waals surface area contributed by atoms with Crippen LogP contribution in [0.4, 0.5) is 22.7 Å². The number of nitro benzene ring substituents is 1. The van der Waals surface area contributed by atoms with E-state index < -0.39 is 4.92 Å². The van der Waals surface area contributed by atoms with E-state index in [1.807, 2.05) is 30.3 Å². The maximum absolute atomic E-state index is 11.1. The summed E-state index contributed by atoms with van der Waals surface area (Å²) in [5.74, 6) is 5.27. The second kappa shape index (κ2) is 5.15. The molecule has 0 aromatic heterocycles. The number of benzene rings is 2. The summed E-state index contributed by atoms with van der Waals surface area (Å²) in [4.78, 5) is 10.6. The predicted molar refractivity (Wildman–Crippen MR) is 70.6 cm³/mol. The predicted octanol–water partition coefficient (Wildman–Crippen LogP) is 2.62. The summed E-state index contributed by atoms with van der Waals surface area (Å²) in [7, 11) is 0. The lowest BCUT2D eigenvalue weighted by Gasteiger charge is -2.09. The zero-order chi connectivity index (χ0) is 13.0. The molecule has 0 bridgehead atoms. The van der Waals surface area contributed by atoms with Gasteiger partial charge in [0.25, 0.3) is 0 Å². The van der Waals surface area contributed by atoms with Crippen molar-refractivity contribution >= 4 is 22.7 Å². The normalized spacial score (nSPS) is 9.83.